The monoisotopic (exact) mass is 409 g/mol. The number of rotatable bonds is 3. The van der Waals surface area contributed by atoms with E-state index in [0.717, 1.165) is 5.39 Å². The van der Waals surface area contributed by atoms with Gasteiger partial charge in [-0.05, 0) is 42.0 Å². The summed E-state index contributed by atoms with van der Waals surface area (Å²) in [7, 11) is 0. The van der Waals surface area contributed by atoms with Crippen LogP contribution in [0.2, 0.25) is 10.0 Å². The summed E-state index contributed by atoms with van der Waals surface area (Å²) in [6.45, 7) is 0. The van der Waals surface area contributed by atoms with Crippen LogP contribution in [-0.2, 0) is 0 Å². The lowest BCUT2D eigenvalue weighted by Crippen LogP contribution is -2.02. The van der Waals surface area contributed by atoms with Gasteiger partial charge in [0.1, 0.15) is 11.3 Å². The van der Waals surface area contributed by atoms with Crippen LogP contribution >= 0.6 is 23.2 Å². The molecule has 0 fully saturated rings. The van der Waals surface area contributed by atoms with E-state index in [9.17, 15) is 9.90 Å². The Labute approximate surface area is 170 Å². The smallest absolute Gasteiger partial charge is 0.344 e. The van der Waals surface area contributed by atoms with E-state index in [4.69, 9.17) is 27.6 Å². The molecule has 1 aromatic heterocycles. The second kappa shape index (κ2) is 7.50. The Morgan fingerprint density at radius 3 is 2.64 bits per heavy atom. The van der Waals surface area contributed by atoms with Gasteiger partial charge in [0.2, 0.25) is 0 Å². The van der Waals surface area contributed by atoms with Gasteiger partial charge in [-0.25, -0.2) is 4.79 Å². The highest BCUT2D eigenvalue weighted by molar-refractivity contribution is 6.36. The second-order valence-corrected chi connectivity index (χ2v) is 6.96. The molecule has 0 saturated carbocycles. The fraction of sp³-hybridized carbons (Fsp3) is 0. The maximum absolute atomic E-state index is 12.4. The van der Waals surface area contributed by atoms with E-state index >= 15 is 0 Å². The molecule has 0 saturated heterocycles. The van der Waals surface area contributed by atoms with E-state index in [1.54, 1.807) is 36.4 Å². The van der Waals surface area contributed by atoms with Crippen LogP contribution in [0.5, 0.6) is 5.75 Å². The molecule has 6 heteroatoms. The molecule has 0 aliphatic carbocycles. The van der Waals surface area contributed by atoms with Crippen molar-refractivity contribution in [1.29, 1.82) is 0 Å². The SMILES string of the molecule is O=c1oc2ccccc2cc1-c1cccc(N=Cc2cc(Cl)cc(Cl)c2O)c1. The molecule has 0 radical (unpaired) electrons. The van der Waals surface area contributed by atoms with Crippen molar-refractivity contribution in [3.63, 3.8) is 0 Å². The Morgan fingerprint density at radius 2 is 1.79 bits per heavy atom. The van der Waals surface area contributed by atoms with E-state index in [-0.39, 0.29) is 10.8 Å². The minimum atomic E-state index is -0.418. The summed E-state index contributed by atoms with van der Waals surface area (Å²) >= 11 is 11.9. The lowest BCUT2D eigenvalue weighted by molar-refractivity contribution is 0.475. The molecular weight excluding hydrogens is 397 g/mol. The first-order valence-corrected chi connectivity index (χ1v) is 9.12. The van der Waals surface area contributed by atoms with Crippen molar-refractivity contribution in [2.75, 3.05) is 0 Å². The molecule has 3 aromatic carbocycles. The van der Waals surface area contributed by atoms with Crippen molar-refractivity contribution in [3.8, 4) is 16.9 Å². The number of phenolic OH excluding ortho intramolecular Hbond substituents is 1. The predicted octanol–water partition coefficient (Wildman–Crippen LogP) is 6.22. The first-order valence-electron chi connectivity index (χ1n) is 8.37. The highest BCUT2D eigenvalue weighted by Gasteiger charge is 2.09. The van der Waals surface area contributed by atoms with Gasteiger partial charge in [-0.15, -0.1) is 0 Å². The number of aliphatic imine (C=N–C) groups is 1. The van der Waals surface area contributed by atoms with E-state index in [1.807, 2.05) is 24.3 Å². The maximum Gasteiger partial charge on any atom is 0.344 e. The summed E-state index contributed by atoms with van der Waals surface area (Å²) in [5, 5.41) is 11.4. The van der Waals surface area contributed by atoms with Crippen molar-refractivity contribution >= 4 is 46.1 Å². The normalized spacial score (nSPS) is 11.4. The molecule has 1 N–H and O–H groups in total. The number of nitrogens with zero attached hydrogens (tertiary/aromatic N) is 1. The molecule has 138 valence electrons. The zero-order chi connectivity index (χ0) is 19.7. The second-order valence-electron chi connectivity index (χ2n) is 6.12. The topological polar surface area (TPSA) is 62.8 Å². The van der Waals surface area contributed by atoms with Gasteiger partial charge < -0.3 is 9.52 Å². The van der Waals surface area contributed by atoms with Gasteiger partial charge in [0.05, 0.1) is 16.3 Å². The van der Waals surface area contributed by atoms with Gasteiger partial charge in [-0.3, -0.25) is 4.99 Å². The molecule has 0 unspecified atom stereocenters. The fourth-order valence-electron chi connectivity index (χ4n) is 2.85. The van der Waals surface area contributed by atoms with E-state index < -0.39 is 5.63 Å². The van der Waals surface area contributed by atoms with Gasteiger partial charge in [-0.1, -0.05) is 53.5 Å². The minimum Gasteiger partial charge on any atom is -0.506 e. The van der Waals surface area contributed by atoms with Crippen molar-refractivity contribution in [1.82, 2.24) is 0 Å². The number of para-hydroxylation sites is 1. The molecule has 0 spiro atoms. The average molecular weight is 410 g/mol. The number of aromatic hydroxyl groups is 1. The Kier molecular flexibility index (Phi) is 4.90. The van der Waals surface area contributed by atoms with Gasteiger partial charge in [-0.2, -0.15) is 0 Å². The van der Waals surface area contributed by atoms with Crippen molar-refractivity contribution < 1.29 is 9.52 Å². The summed E-state index contributed by atoms with van der Waals surface area (Å²) in [4.78, 5) is 16.7. The minimum absolute atomic E-state index is 0.0962. The van der Waals surface area contributed by atoms with Crippen LogP contribution in [0, 0.1) is 0 Å². The molecule has 0 aliphatic rings. The first-order chi connectivity index (χ1) is 13.5. The van der Waals surface area contributed by atoms with E-state index in [2.05, 4.69) is 4.99 Å². The molecule has 0 bridgehead atoms. The van der Waals surface area contributed by atoms with Crippen molar-refractivity contribution in [2.24, 2.45) is 4.99 Å². The lowest BCUT2D eigenvalue weighted by atomic mass is 10.1. The highest BCUT2D eigenvalue weighted by Crippen LogP contribution is 2.31. The Balaban J connectivity index is 1.73. The maximum atomic E-state index is 12.4. The zero-order valence-electron chi connectivity index (χ0n) is 14.4. The van der Waals surface area contributed by atoms with Crippen LogP contribution in [0.3, 0.4) is 0 Å². The van der Waals surface area contributed by atoms with Gasteiger partial charge >= 0.3 is 5.63 Å². The first kappa shape index (κ1) is 18.3. The molecule has 4 aromatic rings. The molecule has 0 aliphatic heterocycles. The third-order valence-corrected chi connectivity index (χ3v) is 4.72. The van der Waals surface area contributed by atoms with Crippen molar-refractivity contribution in [2.45, 2.75) is 0 Å². The number of hydrogen-bond acceptors (Lipinski definition) is 4. The largest absolute Gasteiger partial charge is 0.506 e. The number of phenols is 1. The standard InChI is InChI=1S/C22H13Cl2NO3/c23-16-8-15(21(26)19(24)11-16)12-25-17-6-3-5-13(9-17)18-10-14-4-1-2-7-20(14)28-22(18)27/h1-12,26H. The summed E-state index contributed by atoms with van der Waals surface area (Å²) in [5.74, 6) is -0.0962. The zero-order valence-corrected chi connectivity index (χ0v) is 15.9. The van der Waals surface area contributed by atoms with Crippen LogP contribution < -0.4 is 5.63 Å². The predicted molar refractivity (Wildman–Crippen MR) is 113 cm³/mol. The third kappa shape index (κ3) is 3.65. The number of halogens is 2. The number of fused-ring (bicyclic) bond motifs is 1. The Hall–Kier alpha value is -3.08. The third-order valence-electron chi connectivity index (χ3n) is 4.21. The molecule has 4 nitrogen and oxygen atoms in total. The molecule has 0 atom stereocenters. The molecule has 0 amide bonds. The fourth-order valence-corrected chi connectivity index (χ4v) is 3.35. The van der Waals surface area contributed by atoms with Crippen LogP contribution in [-0.4, -0.2) is 11.3 Å². The molecule has 4 rings (SSSR count). The van der Waals surface area contributed by atoms with E-state index in [1.165, 1.54) is 12.3 Å². The number of hydrogen-bond donors (Lipinski definition) is 1. The summed E-state index contributed by atoms with van der Waals surface area (Å²) in [5.41, 5.74) is 2.25. The molecular formula is C22H13Cl2NO3. The highest BCUT2D eigenvalue weighted by atomic mass is 35.5. The average Bonchev–Trinajstić information content (AvgIpc) is 2.69. The Morgan fingerprint density at radius 1 is 0.964 bits per heavy atom. The molecule has 1 heterocycles. The van der Waals surface area contributed by atoms with E-state index in [0.29, 0.717) is 33.0 Å². The lowest BCUT2D eigenvalue weighted by Gasteiger charge is -2.04. The summed E-state index contributed by atoms with van der Waals surface area (Å²) in [6.07, 6.45) is 1.47. The van der Waals surface area contributed by atoms with Crippen LogP contribution in [0.15, 0.2) is 80.9 Å². The van der Waals surface area contributed by atoms with Gasteiger partial charge in [0.25, 0.3) is 0 Å². The van der Waals surface area contributed by atoms with Gasteiger partial charge in [0, 0.05) is 22.2 Å². The quantitative estimate of drug-likeness (QED) is 0.322. The van der Waals surface area contributed by atoms with Crippen LogP contribution in [0.1, 0.15) is 5.56 Å². The van der Waals surface area contributed by atoms with Crippen molar-refractivity contribution in [3.05, 3.63) is 92.8 Å². The summed E-state index contributed by atoms with van der Waals surface area (Å²) < 4.78 is 5.40. The Bertz CT molecular complexity index is 1280. The van der Waals surface area contributed by atoms with Crippen LogP contribution in [0.4, 0.5) is 5.69 Å². The summed E-state index contributed by atoms with van der Waals surface area (Å²) in [6, 6.07) is 19.3. The number of benzene rings is 3. The molecule has 28 heavy (non-hydrogen) atoms. The van der Waals surface area contributed by atoms with Gasteiger partial charge in [0.15, 0.2) is 0 Å². The van der Waals surface area contributed by atoms with Crippen LogP contribution in [0.25, 0.3) is 22.1 Å².